The van der Waals surface area contributed by atoms with E-state index in [2.05, 4.69) is 10.6 Å². The van der Waals surface area contributed by atoms with Gasteiger partial charge in [-0.15, -0.1) is 0 Å². The van der Waals surface area contributed by atoms with Gasteiger partial charge >= 0.3 is 35.8 Å². The van der Waals surface area contributed by atoms with E-state index in [0.717, 1.165) is 27.7 Å². The maximum atomic E-state index is 13.9. The fourth-order valence-electron chi connectivity index (χ4n) is 4.21. The molecule has 17 nitrogen and oxygen atoms in total. The molecule has 20 heteroatoms. The zero-order chi connectivity index (χ0) is 38.3. The fourth-order valence-corrected chi connectivity index (χ4v) is 8.36. The van der Waals surface area contributed by atoms with Crippen LogP contribution in [0.5, 0.6) is 0 Å². The van der Waals surface area contributed by atoms with Crippen molar-refractivity contribution in [1.82, 2.24) is 10.6 Å². The Bertz CT molecular complexity index is 1370. The molecule has 2 amide bonds. The number of amides is 2. The molecule has 50 heavy (non-hydrogen) atoms. The normalized spacial score (nSPS) is 13.0. The van der Waals surface area contributed by atoms with Crippen molar-refractivity contribution in [2.24, 2.45) is 0 Å². The number of nitrogens with one attached hydrogen (secondary N) is 2. The second-order valence-electron chi connectivity index (χ2n) is 10.4. The average Bonchev–Trinajstić information content (AvgIpc) is 2.98. The molecule has 0 spiro atoms. The summed E-state index contributed by atoms with van der Waals surface area (Å²) in [6.45, 7) is 5.68. The van der Waals surface area contributed by atoms with Gasteiger partial charge in [-0.1, -0.05) is 0 Å². The molecular formula is C30H38I3N3O14. The van der Waals surface area contributed by atoms with Crippen molar-refractivity contribution in [2.75, 3.05) is 32.2 Å². The average molecular weight is 1050 g/mol. The van der Waals surface area contributed by atoms with Crippen LogP contribution in [0.25, 0.3) is 0 Å². The number of esters is 6. The van der Waals surface area contributed by atoms with E-state index < -0.39 is 85.1 Å². The summed E-state index contributed by atoms with van der Waals surface area (Å²) in [5.41, 5.74) is 6.39. The largest absolute Gasteiger partial charge is 0.466 e. The van der Waals surface area contributed by atoms with Crippen LogP contribution in [0.3, 0.4) is 0 Å². The lowest BCUT2D eigenvalue weighted by atomic mass is 10.0. The van der Waals surface area contributed by atoms with Crippen LogP contribution in [-0.2, 0) is 57.2 Å². The number of nitrogen functional groups attached to an aromatic ring is 1. The van der Waals surface area contributed by atoms with Gasteiger partial charge in [0.2, 0.25) is 0 Å². The summed E-state index contributed by atoms with van der Waals surface area (Å²) in [7, 11) is 0. The number of hydrogen-bond acceptors (Lipinski definition) is 15. The Morgan fingerprint density at radius 1 is 0.540 bits per heavy atom. The van der Waals surface area contributed by atoms with Gasteiger partial charge in [-0.3, -0.25) is 38.4 Å². The highest BCUT2D eigenvalue weighted by Crippen LogP contribution is 2.34. The Morgan fingerprint density at radius 2 is 0.860 bits per heavy atom. The topological polar surface area (TPSA) is 242 Å². The number of carbonyl (C=O) groups excluding carboxylic acids is 8. The minimum absolute atomic E-state index is 0.0336. The van der Waals surface area contributed by atoms with Gasteiger partial charge in [0.15, 0.2) is 12.2 Å². The first kappa shape index (κ1) is 45.0. The van der Waals surface area contributed by atoms with Crippen LogP contribution in [0.15, 0.2) is 0 Å². The summed E-state index contributed by atoms with van der Waals surface area (Å²) < 4.78 is 31.5. The summed E-state index contributed by atoms with van der Waals surface area (Å²) >= 11 is 5.48. The number of nitrogens with two attached hydrogens (primary N) is 1. The quantitative estimate of drug-likeness (QED) is 0.0827. The molecule has 0 aromatic heterocycles. The van der Waals surface area contributed by atoms with Crippen molar-refractivity contribution >= 4 is 121 Å². The van der Waals surface area contributed by atoms with Crippen LogP contribution in [0, 0.1) is 10.7 Å². The molecule has 1 aromatic carbocycles. The SMILES string of the molecule is CC(=O)OCCC(NC(=O)c1c(I)c(N)c(I)c(C(=O)NC(CCOC(C)=O)C(COC(C)=O)OC(C)=O)c1I)C(COC(C)=O)OC(C)=O. The summed E-state index contributed by atoms with van der Waals surface area (Å²) in [5, 5.41) is 5.45. The minimum Gasteiger partial charge on any atom is -0.466 e. The van der Waals surface area contributed by atoms with Gasteiger partial charge in [0.05, 0.1) is 49.3 Å². The zero-order valence-corrected chi connectivity index (χ0v) is 34.5. The molecule has 0 heterocycles. The van der Waals surface area contributed by atoms with E-state index in [0.29, 0.717) is 0 Å². The molecule has 1 aromatic rings. The molecule has 0 radical (unpaired) electrons. The van der Waals surface area contributed by atoms with Crippen molar-refractivity contribution in [3.63, 3.8) is 0 Å². The number of hydrogen-bond donors (Lipinski definition) is 3. The number of carbonyl (C=O) groups is 8. The zero-order valence-electron chi connectivity index (χ0n) is 28.0. The Kier molecular flexibility index (Phi) is 19.8. The van der Waals surface area contributed by atoms with Crippen molar-refractivity contribution in [3.8, 4) is 0 Å². The first-order valence-corrected chi connectivity index (χ1v) is 18.0. The van der Waals surface area contributed by atoms with Crippen LogP contribution in [-0.4, -0.2) is 98.3 Å². The molecule has 0 saturated heterocycles. The molecule has 4 atom stereocenters. The van der Waals surface area contributed by atoms with Crippen molar-refractivity contribution in [2.45, 2.75) is 78.7 Å². The summed E-state index contributed by atoms with van der Waals surface area (Å²) in [6, 6.07) is -2.10. The van der Waals surface area contributed by atoms with E-state index >= 15 is 0 Å². The van der Waals surface area contributed by atoms with Crippen LogP contribution < -0.4 is 16.4 Å². The Morgan fingerprint density at radius 3 is 1.14 bits per heavy atom. The summed E-state index contributed by atoms with van der Waals surface area (Å²) in [6.07, 6.45) is -2.50. The van der Waals surface area contributed by atoms with Gasteiger partial charge in [-0.2, -0.15) is 0 Å². The number of rotatable bonds is 18. The molecule has 4 N–H and O–H groups in total. The second kappa shape index (κ2) is 22.0. The third-order valence-electron chi connectivity index (χ3n) is 6.34. The molecule has 278 valence electrons. The van der Waals surface area contributed by atoms with E-state index in [1.54, 1.807) is 22.6 Å². The van der Waals surface area contributed by atoms with E-state index in [9.17, 15) is 38.4 Å². The third kappa shape index (κ3) is 15.5. The first-order chi connectivity index (χ1) is 23.3. The van der Waals surface area contributed by atoms with Gasteiger partial charge in [0, 0.05) is 58.0 Å². The van der Waals surface area contributed by atoms with Crippen LogP contribution in [0.4, 0.5) is 5.69 Å². The summed E-state index contributed by atoms with van der Waals surface area (Å²) in [5.74, 6) is -5.54. The summed E-state index contributed by atoms with van der Waals surface area (Å²) in [4.78, 5) is 97.7. The monoisotopic (exact) mass is 1040 g/mol. The Hall–Kier alpha value is -3.03. The first-order valence-electron chi connectivity index (χ1n) is 14.7. The molecule has 0 bridgehead atoms. The lowest BCUT2D eigenvalue weighted by Crippen LogP contribution is -2.49. The standard InChI is InChI=1S/C30H38I3N3O14/c1-13(37)45-9-7-19(21(49-17(5)41)11-47-15(3)39)35-29(43)23-25(31)24(27(33)28(34)26(23)32)30(44)36-20(8-10-46-14(2)38)22(50-18(6)42)12-48-16(4)40/h19-22H,7-12,34H2,1-6H3,(H,35,43)(H,36,44). The van der Waals surface area contributed by atoms with Gasteiger partial charge in [0.25, 0.3) is 11.8 Å². The Balaban J connectivity index is 3.65. The predicted molar refractivity (Wildman–Crippen MR) is 198 cm³/mol. The van der Waals surface area contributed by atoms with Crippen molar-refractivity contribution < 1.29 is 66.8 Å². The van der Waals surface area contributed by atoms with Crippen molar-refractivity contribution in [1.29, 1.82) is 0 Å². The lowest BCUT2D eigenvalue weighted by molar-refractivity contribution is -0.158. The van der Waals surface area contributed by atoms with E-state index in [1.165, 1.54) is 13.8 Å². The lowest BCUT2D eigenvalue weighted by Gasteiger charge is -2.29. The van der Waals surface area contributed by atoms with Crippen LogP contribution in [0.1, 0.15) is 75.1 Å². The molecule has 0 aliphatic rings. The number of anilines is 1. The fraction of sp³-hybridized carbons (Fsp3) is 0.533. The molecule has 4 unspecified atom stereocenters. The highest BCUT2D eigenvalue weighted by atomic mass is 127. The highest BCUT2D eigenvalue weighted by Gasteiger charge is 2.34. The van der Waals surface area contributed by atoms with E-state index in [-0.39, 0.29) is 53.6 Å². The number of benzene rings is 1. The van der Waals surface area contributed by atoms with Crippen LogP contribution >= 0.6 is 67.8 Å². The predicted octanol–water partition coefficient (Wildman–Crippen LogP) is 2.18. The molecule has 1 rings (SSSR count). The van der Waals surface area contributed by atoms with Gasteiger partial charge in [0.1, 0.15) is 13.2 Å². The second-order valence-corrected chi connectivity index (χ2v) is 13.7. The molecule has 0 fully saturated rings. The molecule has 0 aliphatic heterocycles. The maximum Gasteiger partial charge on any atom is 0.303 e. The van der Waals surface area contributed by atoms with Crippen molar-refractivity contribution in [3.05, 3.63) is 21.8 Å². The smallest absolute Gasteiger partial charge is 0.303 e. The maximum absolute atomic E-state index is 13.9. The highest BCUT2D eigenvalue weighted by molar-refractivity contribution is 14.1. The van der Waals surface area contributed by atoms with E-state index in [4.69, 9.17) is 34.2 Å². The number of ether oxygens (including phenoxy) is 6. The van der Waals surface area contributed by atoms with Gasteiger partial charge in [-0.25, -0.2) is 0 Å². The minimum atomic E-state index is -1.19. The van der Waals surface area contributed by atoms with Gasteiger partial charge in [-0.05, 0) is 67.8 Å². The molecule has 0 aliphatic carbocycles. The van der Waals surface area contributed by atoms with Crippen LogP contribution in [0.2, 0.25) is 0 Å². The molecular weight excluding hydrogens is 1010 g/mol. The Labute approximate surface area is 328 Å². The number of halogens is 3. The molecule has 0 saturated carbocycles. The van der Waals surface area contributed by atoms with E-state index in [1.807, 2.05) is 45.2 Å². The third-order valence-corrected chi connectivity index (χ3v) is 9.66. The van der Waals surface area contributed by atoms with Gasteiger partial charge < -0.3 is 44.8 Å².